The smallest absolute Gasteiger partial charge is 0.114 e. The van der Waals surface area contributed by atoms with Crippen LogP contribution in [0.4, 0.5) is 0 Å². The van der Waals surface area contributed by atoms with Crippen LogP contribution in [-0.2, 0) is 4.74 Å². The van der Waals surface area contributed by atoms with Crippen LogP contribution < -0.4 is 0 Å². The molecule has 11 heavy (non-hydrogen) atoms. The van der Waals surface area contributed by atoms with Gasteiger partial charge in [-0.15, -0.1) is 11.8 Å². The van der Waals surface area contributed by atoms with Gasteiger partial charge in [-0.2, -0.15) is 0 Å². The first kappa shape index (κ1) is 7.06. The van der Waals surface area contributed by atoms with Crippen LogP contribution in [0.25, 0.3) is 0 Å². The van der Waals surface area contributed by atoms with Crippen LogP contribution in [0.3, 0.4) is 0 Å². The fourth-order valence-corrected chi connectivity index (χ4v) is 1.52. The summed E-state index contributed by atoms with van der Waals surface area (Å²) in [5.41, 5.74) is 0. The third-order valence-corrected chi connectivity index (χ3v) is 2.40. The Labute approximate surface area is 69.2 Å². The van der Waals surface area contributed by atoms with Crippen molar-refractivity contribution in [3.8, 4) is 0 Å². The molecular weight excluding hydrogens is 160 g/mol. The summed E-state index contributed by atoms with van der Waals surface area (Å²) in [6.45, 7) is 0.910. The summed E-state index contributed by atoms with van der Waals surface area (Å²) >= 11 is 1.69. The van der Waals surface area contributed by atoms with E-state index in [-0.39, 0.29) is 0 Å². The Morgan fingerprint density at radius 1 is 1.64 bits per heavy atom. The predicted molar refractivity (Wildman–Crippen MR) is 42.5 cm³/mol. The zero-order chi connectivity index (χ0) is 7.52. The molecule has 1 saturated heterocycles. The molecule has 0 radical (unpaired) electrons. The van der Waals surface area contributed by atoms with Crippen molar-refractivity contribution in [3.05, 3.63) is 18.6 Å². The van der Waals surface area contributed by atoms with Gasteiger partial charge in [-0.25, -0.2) is 4.98 Å². The molecule has 1 atom stereocenters. The van der Waals surface area contributed by atoms with Gasteiger partial charge in [-0.05, 0) is 0 Å². The largest absolute Gasteiger partial charge is 0.372 e. The quantitative estimate of drug-likeness (QED) is 0.498. The van der Waals surface area contributed by atoms with Crippen molar-refractivity contribution in [2.45, 2.75) is 11.1 Å². The Hall–Kier alpha value is -0.610. The first-order chi connectivity index (χ1) is 5.45. The van der Waals surface area contributed by atoms with E-state index in [2.05, 4.69) is 9.97 Å². The lowest BCUT2D eigenvalue weighted by atomic mass is 10.6. The number of hydrogen-bond acceptors (Lipinski definition) is 4. The molecule has 0 N–H and O–H groups in total. The number of aromatic nitrogens is 2. The number of ether oxygens (including phenoxy) is 1. The first-order valence-corrected chi connectivity index (χ1v) is 4.44. The average Bonchev–Trinajstić information content (AvgIpc) is 2.86. The van der Waals surface area contributed by atoms with Gasteiger partial charge in [0.05, 0.1) is 18.9 Å². The molecule has 1 aliphatic rings. The maximum Gasteiger partial charge on any atom is 0.114 e. The first-order valence-electron chi connectivity index (χ1n) is 3.45. The summed E-state index contributed by atoms with van der Waals surface area (Å²) in [5.74, 6) is 0.999. The second-order valence-corrected chi connectivity index (χ2v) is 3.35. The summed E-state index contributed by atoms with van der Waals surface area (Å²) in [4.78, 5) is 8.08. The van der Waals surface area contributed by atoms with Gasteiger partial charge in [0.2, 0.25) is 0 Å². The molecule has 0 amide bonds. The van der Waals surface area contributed by atoms with E-state index in [9.17, 15) is 0 Å². The number of rotatable bonds is 3. The van der Waals surface area contributed by atoms with E-state index in [1.807, 2.05) is 0 Å². The molecule has 2 heterocycles. The van der Waals surface area contributed by atoms with Crippen LogP contribution in [0, 0.1) is 0 Å². The van der Waals surface area contributed by atoms with Crippen molar-refractivity contribution < 1.29 is 4.74 Å². The normalized spacial score (nSPS) is 21.6. The molecule has 0 bridgehead atoms. The molecule has 4 heteroatoms. The number of epoxide rings is 1. The Kier molecular flexibility index (Phi) is 2.05. The summed E-state index contributed by atoms with van der Waals surface area (Å²) in [7, 11) is 0. The molecule has 3 nitrogen and oxygen atoms in total. The summed E-state index contributed by atoms with van der Waals surface area (Å²) in [6.07, 6.45) is 5.61. The SMILES string of the molecule is c1cnc(SC[C@H]2CO2)cn1. The second-order valence-electron chi connectivity index (χ2n) is 2.31. The lowest BCUT2D eigenvalue weighted by molar-refractivity contribution is 0.426. The van der Waals surface area contributed by atoms with E-state index >= 15 is 0 Å². The molecule has 58 valence electrons. The highest BCUT2D eigenvalue weighted by atomic mass is 32.2. The zero-order valence-electron chi connectivity index (χ0n) is 5.93. The third kappa shape index (κ3) is 2.17. The zero-order valence-corrected chi connectivity index (χ0v) is 6.75. The van der Waals surface area contributed by atoms with Gasteiger partial charge < -0.3 is 4.74 Å². The molecule has 1 aromatic rings. The van der Waals surface area contributed by atoms with E-state index < -0.39 is 0 Å². The standard InChI is InChI=1S/C7H8N2OS/c1-2-9-7(3-8-1)11-5-6-4-10-6/h1-3,6H,4-5H2/t6-/m1/s1. The fourth-order valence-electron chi connectivity index (χ4n) is 0.703. The Morgan fingerprint density at radius 3 is 3.18 bits per heavy atom. The molecule has 0 saturated carbocycles. The second kappa shape index (κ2) is 3.19. The monoisotopic (exact) mass is 168 g/mol. The van der Waals surface area contributed by atoms with Crippen molar-refractivity contribution in [1.82, 2.24) is 9.97 Å². The van der Waals surface area contributed by atoms with Crippen molar-refractivity contribution in [2.24, 2.45) is 0 Å². The molecule has 0 aliphatic carbocycles. The minimum atomic E-state index is 0.460. The van der Waals surface area contributed by atoms with Crippen molar-refractivity contribution >= 4 is 11.8 Å². The lowest BCUT2D eigenvalue weighted by Gasteiger charge is -1.94. The summed E-state index contributed by atoms with van der Waals surface area (Å²) < 4.78 is 5.06. The van der Waals surface area contributed by atoms with Gasteiger partial charge >= 0.3 is 0 Å². The fraction of sp³-hybridized carbons (Fsp3) is 0.429. The van der Waals surface area contributed by atoms with Gasteiger partial charge in [0.1, 0.15) is 5.03 Å². The molecule has 0 unspecified atom stereocenters. The van der Waals surface area contributed by atoms with E-state index in [1.165, 1.54) is 0 Å². The van der Waals surface area contributed by atoms with Gasteiger partial charge in [0.15, 0.2) is 0 Å². The summed E-state index contributed by atoms with van der Waals surface area (Å²) in [5, 5.41) is 0.975. The molecule has 0 spiro atoms. The molecule has 2 rings (SSSR count). The molecule has 1 fully saturated rings. The van der Waals surface area contributed by atoms with Crippen LogP contribution in [0.5, 0.6) is 0 Å². The van der Waals surface area contributed by atoms with Gasteiger partial charge in [-0.3, -0.25) is 4.98 Å². The van der Waals surface area contributed by atoms with Gasteiger partial charge in [-0.1, -0.05) is 0 Å². The van der Waals surface area contributed by atoms with Crippen LogP contribution >= 0.6 is 11.8 Å². The maximum absolute atomic E-state index is 5.06. The molecule has 0 aromatic carbocycles. The van der Waals surface area contributed by atoms with Crippen LogP contribution in [0.15, 0.2) is 23.6 Å². The Balaban J connectivity index is 1.85. The molecular formula is C7H8N2OS. The van der Waals surface area contributed by atoms with E-state index in [0.29, 0.717) is 6.10 Å². The number of thioether (sulfide) groups is 1. The number of hydrogen-bond donors (Lipinski definition) is 0. The minimum Gasteiger partial charge on any atom is -0.372 e. The summed E-state index contributed by atoms with van der Waals surface area (Å²) in [6, 6.07) is 0. The topological polar surface area (TPSA) is 38.3 Å². The highest BCUT2D eigenvalue weighted by molar-refractivity contribution is 7.99. The van der Waals surface area contributed by atoms with Crippen LogP contribution in [0.1, 0.15) is 0 Å². The van der Waals surface area contributed by atoms with Crippen molar-refractivity contribution in [3.63, 3.8) is 0 Å². The van der Waals surface area contributed by atoms with Crippen molar-refractivity contribution in [1.29, 1.82) is 0 Å². The molecule has 1 aromatic heterocycles. The van der Waals surface area contributed by atoms with E-state index in [0.717, 1.165) is 17.4 Å². The van der Waals surface area contributed by atoms with Crippen LogP contribution in [0.2, 0.25) is 0 Å². The van der Waals surface area contributed by atoms with Gasteiger partial charge in [0.25, 0.3) is 0 Å². The third-order valence-electron chi connectivity index (χ3n) is 1.36. The molecule has 1 aliphatic heterocycles. The number of nitrogens with zero attached hydrogens (tertiary/aromatic N) is 2. The highest BCUT2D eigenvalue weighted by Gasteiger charge is 2.22. The Morgan fingerprint density at radius 2 is 2.55 bits per heavy atom. The van der Waals surface area contributed by atoms with Crippen molar-refractivity contribution in [2.75, 3.05) is 12.4 Å². The average molecular weight is 168 g/mol. The maximum atomic E-state index is 5.06. The van der Waals surface area contributed by atoms with Crippen LogP contribution in [-0.4, -0.2) is 28.4 Å². The predicted octanol–water partition coefficient (Wildman–Crippen LogP) is 0.968. The minimum absolute atomic E-state index is 0.460. The van der Waals surface area contributed by atoms with E-state index in [1.54, 1.807) is 30.4 Å². The lowest BCUT2D eigenvalue weighted by Crippen LogP contribution is -1.90. The van der Waals surface area contributed by atoms with Gasteiger partial charge in [0, 0.05) is 18.1 Å². The van der Waals surface area contributed by atoms with E-state index in [4.69, 9.17) is 4.74 Å². The Bertz CT molecular complexity index is 225. The highest BCUT2D eigenvalue weighted by Crippen LogP contribution is 2.20.